The molecular weight excluding hydrogens is 370 g/mol. The minimum absolute atomic E-state index is 0.0411. The van der Waals surface area contributed by atoms with Crippen LogP contribution in [0.2, 0.25) is 5.02 Å². The molecule has 26 heavy (non-hydrogen) atoms. The molecule has 1 N–H and O–H groups in total. The van der Waals surface area contributed by atoms with E-state index in [1.807, 2.05) is 31.2 Å². The average Bonchev–Trinajstić information content (AvgIpc) is 2.49. The minimum Gasteiger partial charge on any atom is -0.496 e. The van der Waals surface area contributed by atoms with Gasteiger partial charge >= 0.3 is 0 Å². The smallest absolute Gasteiger partial charge is 0.221 e. The molecule has 0 aromatic heterocycles. The van der Waals surface area contributed by atoms with Gasteiger partial charge in [0, 0.05) is 17.4 Å². The molecule has 0 aliphatic rings. The van der Waals surface area contributed by atoms with Crippen molar-refractivity contribution >= 4 is 35.0 Å². The molecule has 0 saturated heterocycles. The summed E-state index contributed by atoms with van der Waals surface area (Å²) < 4.78 is 11.5. The summed E-state index contributed by atoms with van der Waals surface area (Å²) in [6.45, 7) is 9.78. The number of carbonyl (C=O) groups is 1. The number of anilines is 1. The summed E-state index contributed by atoms with van der Waals surface area (Å²) in [6, 6.07) is 9.20. The minimum atomic E-state index is -0.145. The van der Waals surface area contributed by atoms with E-state index in [0.29, 0.717) is 22.2 Å². The number of benzene rings is 2. The Morgan fingerprint density at radius 2 is 1.88 bits per heavy atom. The van der Waals surface area contributed by atoms with Crippen LogP contribution in [-0.2, 0) is 4.79 Å². The van der Waals surface area contributed by atoms with Crippen molar-refractivity contribution in [3.63, 3.8) is 0 Å². The van der Waals surface area contributed by atoms with Crippen molar-refractivity contribution < 1.29 is 14.3 Å². The highest BCUT2D eigenvalue weighted by Crippen LogP contribution is 2.42. The first-order valence-electron chi connectivity index (χ1n) is 8.21. The van der Waals surface area contributed by atoms with E-state index in [0.717, 1.165) is 16.2 Å². The normalized spacial score (nSPS) is 11.2. The number of carbonyl (C=O) groups excluding carboxylic acids is 1. The second kappa shape index (κ2) is 8.23. The lowest BCUT2D eigenvalue weighted by molar-refractivity contribution is -0.114. The van der Waals surface area contributed by atoms with Crippen molar-refractivity contribution in [1.82, 2.24) is 0 Å². The van der Waals surface area contributed by atoms with E-state index in [-0.39, 0.29) is 10.7 Å². The number of nitrogens with one attached hydrogen (secondary N) is 1. The van der Waals surface area contributed by atoms with Crippen LogP contribution in [0.1, 0.15) is 33.3 Å². The fraction of sp³-hybridized carbons (Fsp3) is 0.350. The summed E-state index contributed by atoms with van der Waals surface area (Å²) in [5.41, 5.74) is 1.48. The Morgan fingerprint density at radius 1 is 1.19 bits per heavy atom. The molecule has 2 aromatic carbocycles. The van der Waals surface area contributed by atoms with Crippen LogP contribution < -0.4 is 14.8 Å². The van der Waals surface area contributed by atoms with E-state index in [4.69, 9.17) is 21.1 Å². The predicted octanol–water partition coefficient (Wildman–Crippen LogP) is 6.30. The summed E-state index contributed by atoms with van der Waals surface area (Å²) in [5.74, 6) is 1.90. The first-order chi connectivity index (χ1) is 12.1. The van der Waals surface area contributed by atoms with Gasteiger partial charge in [0.25, 0.3) is 0 Å². The van der Waals surface area contributed by atoms with Crippen molar-refractivity contribution in [3.05, 3.63) is 40.9 Å². The molecule has 1 amide bonds. The Kier molecular flexibility index (Phi) is 6.48. The number of amides is 1. The topological polar surface area (TPSA) is 47.6 Å². The molecule has 0 spiro atoms. The van der Waals surface area contributed by atoms with Crippen molar-refractivity contribution in [1.29, 1.82) is 0 Å². The van der Waals surface area contributed by atoms with E-state index >= 15 is 0 Å². The van der Waals surface area contributed by atoms with E-state index in [2.05, 4.69) is 26.1 Å². The molecule has 0 atom stereocenters. The SMILES string of the molecule is COc1ccc(Oc2c(C)cc(NC(C)=O)cc2Cl)cc1SC(C)(C)C. The second-order valence-electron chi connectivity index (χ2n) is 6.91. The van der Waals surface area contributed by atoms with E-state index in [1.54, 1.807) is 24.9 Å². The lowest BCUT2D eigenvalue weighted by Crippen LogP contribution is -2.07. The molecule has 4 nitrogen and oxygen atoms in total. The second-order valence-corrected chi connectivity index (χ2v) is 9.19. The van der Waals surface area contributed by atoms with Crippen molar-refractivity contribution in [3.8, 4) is 17.2 Å². The van der Waals surface area contributed by atoms with Gasteiger partial charge in [-0.2, -0.15) is 0 Å². The largest absolute Gasteiger partial charge is 0.496 e. The Morgan fingerprint density at radius 3 is 2.42 bits per heavy atom. The lowest BCUT2D eigenvalue weighted by atomic mass is 10.2. The number of thioether (sulfide) groups is 1. The summed E-state index contributed by atoms with van der Waals surface area (Å²) >= 11 is 8.08. The molecule has 0 heterocycles. The lowest BCUT2D eigenvalue weighted by Gasteiger charge is -2.20. The van der Waals surface area contributed by atoms with Crippen molar-refractivity contribution in [2.24, 2.45) is 0 Å². The first-order valence-corrected chi connectivity index (χ1v) is 9.41. The van der Waals surface area contributed by atoms with Crippen LogP contribution in [-0.4, -0.2) is 17.8 Å². The van der Waals surface area contributed by atoms with Gasteiger partial charge < -0.3 is 14.8 Å². The van der Waals surface area contributed by atoms with Crippen LogP contribution in [0.4, 0.5) is 5.69 Å². The summed E-state index contributed by atoms with van der Waals surface area (Å²) in [4.78, 5) is 12.2. The highest BCUT2D eigenvalue weighted by Gasteiger charge is 2.17. The number of aryl methyl sites for hydroxylation is 1. The molecule has 0 aliphatic carbocycles. The van der Waals surface area contributed by atoms with Crippen molar-refractivity contribution in [2.75, 3.05) is 12.4 Å². The van der Waals surface area contributed by atoms with Crippen LogP contribution in [0.25, 0.3) is 0 Å². The summed E-state index contributed by atoms with van der Waals surface area (Å²) in [7, 11) is 1.66. The monoisotopic (exact) mass is 393 g/mol. The quantitative estimate of drug-likeness (QED) is 0.605. The molecule has 2 aromatic rings. The summed E-state index contributed by atoms with van der Waals surface area (Å²) in [6.07, 6.45) is 0. The molecule has 6 heteroatoms. The van der Waals surface area contributed by atoms with Crippen LogP contribution in [0.3, 0.4) is 0 Å². The predicted molar refractivity (Wildman–Crippen MR) is 109 cm³/mol. The molecule has 0 fully saturated rings. The zero-order valence-electron chi connectivity index (χ0n) is 15.9. The molecule has 2 rings (SSSR count). The fourth-order valence-corrected chi connectivity index (χ4v) is 3.78. The number of hydrogen-bond donors (Lipinski definition) is 1. The molecular formula is C20H24ClNO3S. The average molecular weight is 394 g/mol. The van der Waals surface area contributed by atoms with E-state index in [9.17, 15) is 4.79 Å². The Labute approximate surface area is 164 Å². The van der Waals surface area contributed by atoms with E-state index < -0.39 is 0 Å². The van der Waals surface area contributed by atoms with Gasteiger partial charge in [0.1, 0.15) is 17.2 Å². The van der Waals surface area contributed by atoms with Crippen LogP contribution in [0, 0.1) is 6.92 Å². The van der Waals surface area contributed by atoms with Gasteiger partial charge in [0.2, 0.25) is 5.91 Å². The molecule has 0 bridgehead atoms. The number of methoxy groups -OCH3 is 1. The number of halogens is 1. The van der Waals surface area contributed by atoms with Gasteiger partial charge in [-0.3, -0.25) is 4.79 Å². The number of ether oxygens (including phenoxy) is 2. The zero-order chi connectivity index (χ0) is 19.5. The first kappa shape index (κ1) is 20.5. The Hall–Kier alpha value is -1.85. The van der Waals surface area contributed by atoms with Crippen LogP contribution in [0.15, 0.2) is 35.2 Å². The van der Waals surface area contributed by atoms with Gasteiger partial charge in [-0.25, -0.2) is 0 Å². The fourth-order valence-electron chi connectivity index (χ4n) is 2.38. The third kappa shape index (κ3) is 5.58. The highest BCUT2D eigenvalue weighted by atomic mass is 35.5. The third-order valence-electron chi connectivity index (χ3n) is 3.32. The van der Waals surface area contributed by atoms with Crippen LogP contribution in [0.5, 0.6) is 17.2 Å². The van der Waals surface area contributed by atoms with Gasteiger partial charge in [0.05, 0.1) is 17.0 Å². The molecule has 0 unspecified atom stereocenters. The van der Waals surface area contributed by atoms with Gasteiger partial charge in [0.15, 0.2) is 0 Å². The summed E-state index contributed by atoms with van der Waals surface area (Å²) in [5, 5.41) is 3.17. The van der Waals surface area contributed by atoms with E-state index in [1.165, 1.54) is 6.92 Å². The third-order valence-corrected chi connectivity index (χ3v) is 4.75. The number of hydrogen-bond acceptors (Lipinski definition) is 4. The van der Waals surface area contributed by atoms with Crippen LogP contribution >= 0.6 is 23.4 Å². The molecule has 140 valence electrons. The number of rotatable bonds is 5. The highest BCUT2D eigenvalue weighted by molar-refractivity contribution is 8.00. The maximum atomic E-state index is 11.2. The maximum Gasteiger partial charge on any atom is 0.221 e. The molecule has 0 saturated carbocycles. The molecule has 0 radical (unpaired) electrons. The maximum absolute atomic E-state index is 11.2. The Bertz CT molecular complexity index is 792. The van der Waals surface area contributed by atoms with Gasteiger partial charge in [-0.05, 0) is 42.8 Å². The van der Waals surface area contributed by atoms with Gasteiger partial charge in [-0.1, -0.05) is 32.4 Å². The van der Waals surface area contributed by atoms with Gasteiger partial charge in [-0.15, -0.1) is 11.8 Å². The van der Waals surface area contributed by atoms with Crippen molar-refractivity contribution in [2.45, 2.75) is 44.3 Å². The Balaban J connectivity index is 2.33. The zero-order valence-corrected chi connectivity index (χ0v) is 17.5. The standard InChI is InChI=1S/C20H24ClNO3S/c1-12-9-14(22-13(2)23)10-16(21)19(12)25-15-7-8-17(24-6)18(11-15)26-20(3,4)5/h7-11H,1-6H3,(H,22,23). The molecule has 0 aliphatic heterocycles.